The molecule has 14 nitrogen and oxygen atoms in total. The number of hydrogen-bond donors (Lipinski definition) is 3. The first-order valence-electron chi connectivity index (χ1n) is 15.8. The molecule has 4 N–H and O–H groups in total. The van der Waals surface area contributed by atoms with E-state index in [1.807, 2.05) is 24.3 Å². The van der Waals surface area contributed by atoms with E-state index < -0.39 is 11.9 Å². The summed E-state index contributed by atoms with van der Waals surface area (Å²) in [6.07, 6.45) is 0.577. The molecule has 2 aromatic rings. The number of nitrogens with zero attached hydrogens (tertiary/aromatic N) is 1. The van der Waals surface area contributed by atoms with Crippen LogP contribution in [-0.4, -0.2) is 107 Å². The van der Waals surface area contributed by atoms with Crippen LogP contribution in [0.4, 0.5) is 5.69 Å². The van der Waals surface area contributed by atoms with Crippen LogP contribution in [0.25, 0.3) is 0 Å². The van der Waals surface area contributed by atoms with Gasteiger partial charge in [-0.15, -0.1) is 0 Å². The number of nitrogens with two attached hydrogens (primary N) is 1. The van der Waals surface area contributed by atoms with Crippen molar-refractivity contribution in [3.63, 3.8) is 0 Å². The zero-order valence-electron chi connectivity index (χ0n) is 26.5. The number of ether oxygens (including phenoxy) is 6. The van der Waals surface area contributed by atoms with Gasteiger partial charge in [-0.05, 0) is 36.2 Å². The van der Waals surface area contributed by atoms with Crippen LogP contribution in [-0.2, 0) is 51.2 Å². The van der Waals surface area contributed by atoms with Crippen molar-refractivity contribution < 1.29 is 47.6 Å². The average molecular weight is 657 g/mol. The molecule has 0 saturated carbocycles. The fraction of sp³-hybridized carbons (Fsp3) is 0.515. The van der Waals surface area contributed by atoms with Gasteiger partial charge in [0.1, 0.15) is 18.4 Å². The Hall–Kier alpha value is -3.92. The lowest BCUT2D eigenvalue weighted by Gasteiger charge is -2.29. The number of carbonyl (C=O) groups is 4. The molecule has 2 aliphatic heterocycles. The molecule has 1 unspecified atom stereocenters. The van der Waals surface area contributed by atoms with Gasteiger partial charge in [0.05, 0.1) is 72.5 Å². The maximum atomic E-state index is 12.9. The summed E-state index contributed by atoms with van der Waals surface area (Å²) in [6, 6.07) is 12.0. The van der Waals surface area contributed by atoms with Crippen molar-refractivity contribution in [2.24, 2.45) is 5.73 Å². The summed E-state index contributed by atoms with van der Waals surface area (Å²) in [5.74, 6) is -0.593. The molecule has 1 saturated heterocycles. The minimum absolute atomic E-state index is 0.125. The van der Waals surface area contributed by atoms with Crippen LogP contribution < -0.4 is 21.1 Å². The second-order valence-electron chi connectivity index (χ2n) is 10.8. The Bertz CT molecular complexity index is 1340. The lowest BCUT2D eigenvalue weighted by molar-refractivity contribution is -0.137. The number of imide groups is 1. The van der Waals surface area contributed by atoms with Crippen molar-refractivity contribution in [2.45, 2.75) is 38.4 Å². The van der Waals surface area contributed by atoms with Gasteiger partial charge < -0.3 is 44.4 Å². The maximum Gasteiger partial charge on any atom is 0.255 e. The van der Waals surface area contributed by atoms with Gasteiger partial charge in [0.25, 0.3) is 5.91 Å². The van der Waals surface area contributed by atoms with Gasteiger partial charge in [0.2, 0.25) is 17.7 Å². The number of nitrogens with one attached hydrogen (secondary N) is 2. The molecule has 47 heavy (non-hydrogen) atoms. The predicted octanol–water partition coefficient (Wildman–Crippen LogP) is 1.40. The Labute approximate surface area is 274 Å². The highest BCUT2D eigenvalue weighted by Gasteiger charge is 2.39. The SMILES string of the molecule is NCc1cccc(OCCOCCOCCOCCOCCOCCC(=O)Nc2cccc3c2CN(C2CCC(=O)NC2=O)C3=O)c1. The summed E-state index contributed by atoms with van der Waals surface area (Å²) in [5, 5.41) is 5.13. The van der Waals surface area contributed by atoms with E-state index in [-0.39, 0.29) is 50.1 Å². The van der Waals surface area contributed by atoms with Gasteiger partial charge in [-0.1, -0.05) is 18.2 Å². The molecule has 2 aromatic carbocycles. The highest BCUT2D eigenvalue weighted by Crippen LogP contribution is 2.32. The molecule has 4 amide bonds. The Morgan fingerprint density at radius 2 is 1.45 bits per heavy atom. The zero-order valence-corrected chi connectivity index (χ0v) is 26.5. The molecule has 1 fully saturated rings. The number of rotatable bonds is 22. The van der Waals surface area contributed by atoms with Crippen LogP contribution in [0.3, 0.4) is 0 Å². The Morgan fingerprint density at radius 3 is 2.09 bits per heavy atom. The molecule has 4 rings (SSSR count). The van der Waals surface area contributed by atoms with E-state index in [1.165, 1.54) is 4.90 Å². The fourth-order valence-corrected chi connectivity index (χ4v) is 5.04. The van der Waals surface area contributed by atoms with Crippen molar-refractivity contribution in [1.29, 1.82) is 0 Å². The van der Waals surface area contributed by atoms with Gasteiger partial charge in [-0.25, -0.2) is 0 Å². The second kappa shape index (κ2) is 19.7. The standard InChI is InChI=1S/C33H44N4O10/c34-22-24-3-1-4-25(21-24)47-20-19-46-18-17-45-16-15-44-14-13-43-12-11-42-10-9-31(39)35-28-6-2-5-26-27(28)23-37(33(26)41)29-7-8-30(38)36-32(29)40/h1-6,21,29H,7-20,22-23,34H2,(H,35,39)(H,36,38,40). The molecule has 0 spiro atoms. The molecule has 0 aromatic heterocycles. The summed E-state index contributed by atoms with van der Waals surface area (Å²) in [5.41, 5.74) is 8.25. The van der Waals surface area contributed by atoms with E-state index in [9.17, 15) is 19.2 Å². The van der Waals surface area contributed by atoms with Crippen molar-refractivity contribution in [3.05, 3.63) is 59.2 Å². The van der Waals surface area contributed by atoms with Crippen molar-refractivity contribution >= 4 is 29.3 Å². The number of hydrogen-bond acceptors (Lipinski definition) is 11. The molecule has 1 atom stereocenters. The Morgan fingerprint density at radius 1 is 0.830 bits per heavy atom. The highest BCUT2D eigenvalue weighted by atomic mass is 16.6. The molecule has 0 radical (unpaired) electrons. The summed E-state index contributed by atoms with van der Waals surface area (Å²) >= 11 is 0. The van der Waals surface area contributed by atoms with Gasteiger partial charge >= 0.3 is 0 Å². The second-order valence-corrected chi connectivity index (χ2v) is 10.8. The largest absolute Gasteiger partial charge is 0.491 e. The fourth-order valence-electron chi connectivity index (χ4n) is 5.04. The van der Waals surface area contributed by atoms with E-state index in [4.69, 9.17) is 34.2 Å². The van der Waals surface area contributed by atoms with Crippen LogP contribution in [0.5, 0.6) is 5.75 Å². The topological polar surface area (TPSA) is 177 Å². The van der Waals surface area contributed by atoms with Crippen LogP contribution in [0.1, 0.15) is 40.7 Å². The Balaban J connectivity index is 0.947. The summed E-state index contributed by atoms with van der Waals surface area (Å²) in [7, 11) is 0. The monoisotopic (exact) mass is 656 g/mol. The molecule has 2 aliphatic rings. The number of fused-ring (bicyclic) bond motifs is 1. The Kier molecular flexibility index (Phi) is 15.0. The molecule has 256 valence electrons. The molecular formula is C33H44N4O10. The van der Waals surface area contributed by atoms with Gasteiger partial charge in [-0.3, -0.25) is 24.5 Å². The van der Waals surface area contributed by atoms with Crippen LogP contribution in [0, 0.1) is 0 Å². The smallest absolute Gasteiger partial charge is 0.255 e. The van der Waals surface area contributed by atoms with Crippen molar-refractivity contribution in [3.8, 4) is 5.75 Å². The van der Waals surface area contributed by atoms with Gasteiger partial charge in [0, 0.05) is 36.3 Å². The quantitative estimate of drug-likeness (QED) is 0.123. The number of amides is 4. The summed E-state index contributed by atoms with van der Waals surface area (Å²) < 4.78 is 33.1. The molecule has 14 heteroatoms. The number of benzene rings is 2. The van der Waals surface area contributed by atoms with Crippen LogP contribution in [0.2, 0.25) is 0 Å². The third-order valence-corrected chi connectivity index (χ3v) is 7.45. The average Bonchev–Trinajstić information content (AvgIpc) is 3.40. The first-order chi connectivity index (χ1) is 23.0. The first kappa shape index (κ1) is 35.9. The molecular weight excluding hydrogens is 612 g/mol. The zero-order chi connectivity index (χ0) is 33.3. The molecule has 0 aliphatic carbocycles. The number of carbonyl (C=O) groups excluding carboxylic acids is 4. The number of piperidine rings is 1. The summed E-state index contributed by atoms with van der Waals surface area (Å²) in [6.45, 7) is 5.16. The third kappa shape index (κ3) is 11.7. The van der Waals surface area contributed by atoms with Gasteiger partial charge in [-0.2, -0.15) is 0 Å². The van der Waals surface area contributed by atoms with E-state index in [0.717, 1.165) is 11.3 Å². The third-order valence-electron chi connectivity index (χ3n) is 7.45. The number of anilines is 1. The normalized spacial score (nSPS) is 15.9. The summed E-state index contributed by atoms with van der Waals surface area (Å²) in [4.78, 5) is 50.7. The molecule has 0 bridgehead atoms. The van der Waals surface area contributed by atoms with E-state index in [1.54, 1.807) is 18.2 Å². The molecule has 2 heterocycles. The van der Waals surface area contributed by atoms with E-state index in [0.29, 0.717) is 89.4 Å². The first-order valence-corrected chi connectivity index (χ1v) is 15.8. The minimum atomic E-state index is -0.716. The van der Waals surface area contributed by atoms with Crippen molar-refractivity contribution in [1.82, 2.24) is 10.2 Å². The van der Waals surface area contributed by atoms with Crippen LogP contribution in [0.15, 0.2) is 42.5 Å². The van der Waals surface area contributed by atoms with E-state index >= 15 is 0 Å². The highest BCUT2D eigenvalue weighted by molar-refractivity contribution is 6.06. The van der Waals surface area contributed by atoms with Gasteiger partial charge in [0.15, 0.2) is 0 Å². The minimum Gasteiger partial charge on any atom is -0.491 e. The maximum absolute atomic E-state index is 12.9. The lowest BCUT2D eigenvalue weighted by Crippen LogP contribution is -2.52. The van der Waals surface area contributed by atoms with Crippen molar-refractivity contribution in [2.75, 3.05) is 78.0 Å². The van der Waals surface area contributed by atoms with Crippen LogP contribution >= 0.6 is 0 Å². The lowest BCUT2D eigenvalue weighted by atomic mass is 10.0. The van der Waals surface area contributed by atoms with E-state index in [2.05, 4.69) is 10.6 Å². The predicted molar refractivity (Wildman–Crippen MR) is 170 cm³/mol.